The van der Waals surface area contributed by atoms with Crippen LogP contribution < -0.4 is 0 Å². The Morgan fingerprint density at radius 2 is 1.19 bits per heavy atom. The van der Waals surface area contributed by atoms with Crippen molar-refractivity contribution in [2.24, 2.45) is 0 Å². The molecule has 0 unspecified atom stereocenters. The molecule has 1 radical (unpaired) electrons. The zero-order valence-electron chi connectivity index (χ0n) is 29.6. The minimum atomic E-state index is 0. The third kappa shape index (κ3) is 7.53. The predicted octanol–water partition coefficient (Wildman–Crippen LogP) is 10.9. The Hall–Kier alpha value is -3.39. The molecule has 0 saturated heterocycles. The van der Waals surface area contributed by atoms with Crippen molar-refractivity contribution in [2.75, 3.05) is 0 Å². The molecule has 2 aliphatic rings. The number of pyridine rings is 2. The summed E-state index contributed by atoms with van der Waals surface area (Å²) < 4.78 is 0. The first kappa shape index (κ1) is 34.9. The van der Waals surface area contributed by atoms with Crippen LogP contribution in [0.2, 0.25) is 0 Å². The van der Waals surface area contributed by atoms with Gasteiger partial charge in [0, 0.05) is 32.5 Å². The number of rotatable bonds is 2. The quantitative estimate of drug-likeness (QED) is 0.166. The molecule has 5 aromatic rings. The van der Waals surface area contributed by atoms with Crippen molar-refractivity contribution < 1.29 is 20.1 Å². The predicted molar refractivity (Wildman–Crippen MR) is 193 cm³/mol. The summed E-state index contributed by atoms with van der Waals surface area (Å²) in [5.41, 5.74) is 17.5. The van der Waals surface area contributed by atoms with Crippen molar-refractivity contribution in [3.05, 3.63) is 130 Å². The number of hydrogen-bond donors (Lipinski definition) is 0. The number of aromatic nitrogens is 2. The fourth-order valence-electron chi connectivity index (χ4n) is 6.58. The zero-order valence-corrected chi connectivity index (χ0v) is 32.0. The van der Waals surface area contributed by atoms with E-state index in [1.54, 1.807) is 0 Å². The Kier molecular flexibility index (Phi) is 9.85. The first-order valence-electron chi connectivity index (χ1n) is 16.8. The van der Waals surface area contributed by atoms with Crippen LogP contribution in [0, 0.1) is 12.1 Å². The number of nitrogens with zero attached hydrogens (tertiary/aromatic N) is 2. The molecule has 2 aromatic heterocycles. The Labute approximate surface area is 296 Å². The maximum atomic E-state index is 4.77. The molecular weight excluding hydrogens is 749 g/mol. The van der Waals surface area contributed by atoms with Gasteiger partial charge >= 0.3 is 0 Å². The van der Waals surface area contributed by atoms with Gasteiger partial charge in [-0.2, -0.15) is 0 Å². The van der Waals surface area contributed by atoms with Crippen LogP contribution in [0.15, 0.2) is 79.1 Å². The number of benzene rings is 3. The van der Waals surface area contributed by atoms with Crippen LogP contribution >= 0.6 is 0 Å². The van der Waals surface area contributed by atoms with Crippen LogP contribution in [0.25, 0.3) is 33.6 Å². The molecule has 0 aliphatic heterocycles. The van der Waals surface area contributed by atoms with E-state index in [9.17, 15) is 0 Å². The molecule has 0 fully saturated rings. The van der Waals surface area contributed by atoms with Crippen LogP contribution in [-0.4, -0.2) is 9.97 Å². The summed E-state index contributed by atoms with van der Waals surface area (Å²) in [6, 6.07) is 31.2. The maximum Gasteiger partial charge on any atom is 0.0198 e. The Balaban J connectivity index is 0.000000188. The van der Waals surface area contributed by atoms with Gasteiger partial charge in [0.25, 0.3) is 0 Å². The monoisotopic (exact) mass is 797 g/mol. The fraction of sp³-hybridized carbons (Fsp3) is 0.364. The van der Waals surface area contributed by atoms with Gasteiger partial charge in [-0.1, -0.05) is 110 Å². The summed E-state index contributed by atoms with van der Waals surface area (Å²) in [6.07, 6.45) is 8.42. The second-order valence-corrected chi connectivity index (χ2v) is 16.1. The fourth-order valence-corrected chi connectivity index (χ4v) is 6.58. The summed E-state index contributed by atoms with van der Waals surface area (Å²) >= 11 is 0. The van der Waals surface area contributed by atoms with Crippen LogP contribution in [0.3, 0.4) is 0 Å². The summed E-state index contributed by atoms with van der Waals surface area (Å²) in [5, 5.41) is 0. The van der Waals surface area contributed by atoms with Gasteiger partial charge in [0.2, 0.25) is 0 Å². The van der Waals surface area contributed by atoms with Crippen molar-refractivity contribution in [1.82, 2.24) is 9.97 Å². The molecule has 0 N–H and O–H groups in total. The smallest absolute Gasteiger partial charge is 0.0198 e. The average molecular weight is 797 g/mol. The van der Waals surface area contributed by atoms with E-state index >= 15 is 0 Å². The molecule has 3 heteroatoms. The molecule has 0 bridgehead atoms. The van der Waals surface area contributed by atoms with E-state index in [1.165, 1.54) is 50.1 Å². The molecule has 2 aliphatic carbocycles. The largest absolute Gasteiger partial charge is 0.305 e. The van der Waals surface area contributed by atoms with Crippen LogP contribution in [0.1, 0.15) is 101 Å². The molecule has 2 heterocycles. The molecule has 0 spiro atoms. The molecule has 245 valence electrons. The SMILES string of the molecule is CC(C)(C)c1cc[c-]c(-c2cc(C(C)(C)C)ccn2)c1.CC(C)(C)c1ccc(-c2[c-]c3c4c(c2)CCc2cccc(c2-4)CC3)nc1.[Ir]. The average Bonchev–Trinajstić information content (AvgIpc) is 3.03. The molecule has 0 saturated carbocycles. The van der Waals surface area contributed by atoms with E-state index in [0.29, 0.717) is 0 Å². The minimum Gasteiger partial charge on any atom is -0.305 e. The topological polar surface area (TPSA) is 25.8 Å². The molecule has 7 rings (SSSR count). The summed E-state index contributed by atoms with van der Waals surface area (Å²) in [6.45, 7) is 20.0. The molecule has 0 atom stereocenters. The van der Waals surface area contributed by atoms with Crippen molar-refractivity contribution in [1.29, 1.82) is 0 Å². The molecule has 47 heavy (non-hydrogen) atoms. The van der Waals surface area contributed by atoms with E-state index in [-0.39, 0.29) is 36.4 Å². The summed E-state index contributed by atoms with van der Waals surface area (Å²) in [4.78, 5) is 9.28. The second kappa shape index (κ2) is 13.3. The van der Waals surface area contributed by atoms with Gasteiger partial charge in [0.05, 0.1) is 0 Å². The second-order valence-electron chi connectivity index (χ2n) is 16.1. The van der Waals surface area contributed by atoms with Crippen LogP contribution in [-0.2, 0) is 62.0 Å². The summed E-state index contributed by atoms with van der Waals surface area (Å²) in [5.74, 6) is 0. The van der Waals surface area contributed by atoms with Crippen molar-refractivity contribution in [2.45, 2.75) is 104 Å². The van der Waals surface area contributed by atoms with Crippen molar-refractivity contribution in [3.8, 4) is 33.6 Å². The zero-order chi connectivity index (χ0) is 32.9. The third-order valence-electron chi connectivity index (χ3n) is 9.50. The first-order valence-corrected chi connectivity index (χ1v) is 16.8. The molecule has 3 aromatic carbocycles. The van der Waals surface area contributed by atoms with Gasteiger partial charge in [-0.25, -0.2) is 0 Å². The minimum absolute atomic E-state index is 0. The molecule has 2 nitrogen and oxygen atoms in total. The van der Waals surface area contributed by atoms with Gasteiger partial charge < -0.3 is 9.97 Å². The molecule has 0 amide bonds. The maximum absolute atomic E-state index is 4.77. The van der Waals surface area contributed by atoms with Crippen molar-refractivity contribution in [3.63, 3.8) is 0 Å². The standard InChI is InChI=1S/C25H24N.C19H24N.Ir/c1-25(2,3)21-11-12-22(26-15-21)20-13-18-9-7-16-5-4-6-17-8-10-19(14-20)24(18)23(16)17;1-18(2,3)15-9-7-8-14(12-15)17-13-16(10-11-20-17)19(4,5)6;/h4-6,11-13,15H,7-10H2,1-3H3;7,9-13H,1-6H3;/q2*-1;. The van der Waals surface area contributed by atoms with E-state index in [1.807, 2.05) is 18.5 Å². The van der Waals surface area contributed by atoms with E-state index in [4.69, 9.17) is 4.98 Å². The van der Waals surface area contributed by atoms with E-state index < -0.39 is 0 Å². The molecular formula is C44H48IrN2-2. The van der Waals surface area contributed by atoms with E-state index in [0.717, 1.165) is 48.2 Å². The first-order chi connectivity index (χ1) is 21.7. The van der Waals surface area contributed by atoms with E-state index in [2.05, 4.69) is 140 Å². The van der Waals surface area contributed by atoms with Gasteiger partial charge in [0.1, 0.15) is 0 Å². The number of aryl methyl sites for hydroxylation is 4. The van der Waals surface area contributed by atoms with Gasteiger partial charge in [-0.05, 0) is 81.6 Å². The third-order valence-corrected chi connectivity index (χ3v) is 9.50. The van der Waals surface area contributed by atoms with Gasteiger partial charge in [-0.3, -0.25) is 0 Å². The van der Waals surface area contributed by atoms with Gasteiger partial charge in [-0.15, -0.1) is 64.2 Å². The number of hydrogen-bond acceptors (Lipinski definition) is 2. The Morgan fingerprint density at radius 1 is 0.553 bits per heavy atom. The summed E-state index contributed by atoms with van der Waals surface area (Å²) in [7, 11) is 0. The van der Waals surface area contributed by atoms with Crippen LogP contribution in [0.5, 0.6) is 0 Å². The Morgan fingerprint density at radius 3 is 1.83 bits per heavy atom. The van der Waals surface area contributed by atoms with Gasteiger partial charge in [0.15, 0.2) is 0 Å². The van der Waals surface area contributed by atoms with Crippen molar-refractivity contribution >= 4 is 0 Å². The normalized spacial score (nSPS) is 13.6. The Bertz CT molecular complexity index is 1780. The van der Waals surface area contributed by atoms with Crippen LogP contribution in [0.4, 0.5) is 0 Å².